The van der Waals surface area contributed by atoms with Gasteiger partial charge in [0.1, 0.15) is 18.0 Å². The molecule has 1 saturated heterocycles. The van der Waals surface area contributed by atoms with E-state index in [0.717, 1.165) is 4.31 Å². The molecule has 0 aliphatic carbocycles. The van der Waals surface area contributed by atoms with Gasteiger partial charge in [0.15, 0.2) is 0 Å². The fraction of sp³-hybridized carbons (Fsp3) is 0.375. The lowest BCUT2D eigenvalue weighted by Crippen LogP contribution is -2.59. The molecule has 0 unspecified atom stereocenters. The highest BCUT2D eigenvalue weighted by Gasteiger charge is 2.49. The zero-order chi connectivity index (χ0) is 32.3. The maximum Gasteiger partial charge on any atom is 0.306 e. The van der Waals surface area contributed by atoms with Crippen molar-refractivity contribution in [2.24, 2.45) is 5.92 Å². The number of aliphatic carboxylic acids is 1. The largest absolute Gasteiger partial charge is 0.481 e. The van der Waals surface area contributed by atoms with Crippen LogP contribution in [0.2, 0.25) is 10.0 Å². The molecule has 0 radical (unpaired) electrons. The quantitative estimate of drug-likeness (QED) is 0.239. The van der Waals surface area contributed by atoms with E-state index in [1.165, 1.54) is 36.9 Å². The lowest BCUT2D eigenvalue weighted by atomic mass is 9.88. The van der Waals surface area contributed by atoms with Gasteiger partial charge in [-0.15, -0.1) is 0 Å². The van der Waals surface area contributed by atoms with Crippen molar-refractivity contribution in [2.75, 3.05) is 10.8 Å². The normalized spacial score (nSPS) is 19.8. The van der Waals surface area contributed by atoms with E-state index in [9.17, 15) is 23.1 Å². The van der Waals surface area contributed by atoms with Gasteiger partial charge in [-0.05, 0) is 67.3 Å². The number of amides is 1. The number of morpholine rings is 1. The Hall–Kier alpha value is -3.18. The van der Waals surface area contributed by atoms with E-state index in [2.05, 4.69) is 0 Å². The third kappa shape index (κ3) is 7.20. The number of halogens is 3. The van der Waals surface area contributed by atoms with Crippen molar-refractivity contribution in [3.05, 3.63) is 99.8 Å². The van der Waals surface area contributed by atoms with Gasteiger partial charge in [-0.1, -0.05) is 73.4 Å². The smallest absolute Gasteiger partial charge is 0.306 e. The van der Waals surface area contributed by atoms with Crippen LogP contribution in [0.25, 0.3) is 0 Å². The molecule has 3 aromatic rings. The van der Waals surface area contributed by atoms with E-state index >= 15 is 4.39 Å². The summed E-state index contributed by atoms with van der Waals surface area (Å²) >= 11 is 12.6. The number of carbonyl (C=O) groups is 2. The number of hydrogen-bond acceptors (Lipinski definition) is 5. The maximum atomic E-state index is 15.2. The summed E-state index contributed by atoms with van der Waals surface area (Å²) in [4.78, 5) is 27.7. The minimum Gasteiger partial charge on any atom is -0.481 e. The molecule has 8 nitrogen and oxygen atoms in total. The van der Waals surface area contributed by atoms with Crippen molar-refractivity contribution in [3.63, 3.8) is 0 Å². The molecular formula is C32H35Cl2FN2O6S. The number of para-hydroxylation sites is 1. The molecule has 236 valence electrons. The molecule has 1 fully saturated rings. The first kappa shape index (κ1) is 33.7. The number of carboxylic acid groups (broad SMARTS) is 1. The Morgan fingerprint density at radius 2 is 1.64 bits per heavy atom. The fourth-order valence-corrected chi connectivity index (χ4v) is 7.02. The Kier molecular flexibility index (Phi) is 10.6. The topological polar surface area (TPSA) is 104 Å². The number of anilines is 1. The summed E-state index contributed by atoms with van der Waals surface area (Å²) in [7, 11) is -4.10. The molecule has 1 aliphatic rings. The summed E-state index contributed by atoms with van der Waals surface area (Å²) in [6.45, 7) is 6.37. The van der Waals surface area contributed by atoms with Crippen molar-refractivity contribution in [1.82, 2.24) is 4.90 Å². The van der Waals surface area contributed by atoms with Crippen molar-refractivity contribution in [2.45, 2.75) is 63.7 Å². The van der Waals surface area contributed by atoms with Crippen LogP contribution >= 0.6 is 23.2 Å². The van der Waals surface area contributed by atoms with Crippen LogP contribution < -0.4 is 4.31 Å². The van der Waals surface area contributed by atoms with E-state index in [-0.39, 0.29) is 18.2 Å². The number of sulfonamides is 1. The van der Waals surface area contributed by atoms with Gasteiger partial charge in [0.05, 0.1) is 36.0 Å². The molecule has 1 N–H and O–H groups in total. The first-order valence-electron chi connectivity index (χ1n) is 14.2. The Morgan fingerprint density at radius 1 is 0.977 bits per heavy atom. The molecule has 4 rings (SSSR count). The zero-order valence-corrected chi connectivity index (χ0v) is 27.1. The second-order valence-corrected chi connectivity index (χ2v) is 14.6. The Morgan fingerprint density at radius 3 is 2.20 bits per heavy atom. The molecule has 12 heteroatoms. The average Bonchev–Trinajstić information content (AvgIpc) is 2.95. The first-order valence-corrected chi connectivity index (χ1v) is 16.4. The van der Waals surface area contributed by atoms with Gasteiger partial charge in [-0.2, -0.15) is 0 Å². The maximum absolute atomic E-state index is 15.2. The SMILES string of the molecule is CC(C)[C@@H](CN(c1ccccc1F)S(=O)(=O)C(C)C)N1C(=O)[C@@H](CC(=O)O)O[C@H](c2cccc(Cl)c2)[C@H]1c1ccc(Cl)cc1. The second kappa shape index (κ2) is 13.9. The highest BCUT2D eigenvalue weighted by molar-refractivity contribution is 7.93. The minimum absolute atomic E-state index is 0.149. The van der Waals surface area contributed by atoms with Gasteiger partial charge in [0.25, 0.3) is 5.91 Å². The van der Waals surface area contributed by atoms with Crippen LogP contribution in [-0.4, -0.2) is 54.2 Å². The fourth-order valence-electron chi connectivity index (χ4n) is 5.40. The lowest BCUT2D eigenvalue weighted by Gasteiger charge is -2.50. The van der Waals surface area contributed by atoms with Crippen LogP contribution in [0.15, 0.2) is 72.8 Å². The van der Waals surface area contributed by atoms with Crippen molar-refractivity contribution < 1.29 is 32.2 Å². The van der Waals surface area contributed by atoms with Gasteiger partial charge in [-0.25, -0.2) is 12.8 Å². The summed E-state index contributed by atoms with van der Waals surface area (Å²) in [5, 5.41) is 9.68. The summed E-state index contributed by atoms with van der Waals surface area (Å²) in [6.07, 6.45) is -2.89. The highest BCUT2D eigenvalue weighted by atomic mass is 35.5. The van der Waals surface area contributed by atoms with Gasteiger partial charge < -0.3 is 14.7 Å². The van der Waals surface area contributed by atoms with E-state index in [0.29, 0.717) is 21.2 Å². The highest BCUT2D eigenvalue weighted by Crippen LogP contribution is 2.45. The third-order valence-corrected chi connectivity index (χ3v) is 10.3. The van der Waals surface area contributed by atoms with Crippen LogP contribution in [0.4, 0.5) is 10.1 Å². The number of carbonyl (C=O) groups excluding carboxylic acids is 1. The predicted octanol–water partition coefficient (Wildman–Crippen LogP) is 6.89. The molecule has 3 aromatic carbocycles. The van der Waals surface area contributed by atoms with E-state index in [1.54, 1.807) is 54.6 Å². The monoisotopic (exact) mass is 664 g/mol. The van der Waals surface area contributed by atoms with E-state index in [4.69, 9.17) is 27.9 Å². The molecular weight excluding hydrogens is 630 g/mol. The van der Waals surface area contributed by atoms with Crippen molar-refractivity contribution >= 4 is 50.8 Å². The van der Waals surface area contributed by atoms with E-state index in [1.807, 2.05) is 13.8 Å². The standard InChI is InChI=1S/C32H35Cl2FN2O6S/c1-19(2)27(18-36(44(41,42)20(3)4)26-11-6-5-10-25(26)35)37-30(21-12-14-23(33)15-13-21)31(22-8-7-9-24(34)16-22)43-28(32(37)40)17-29(38)39/h5-16,19-20,27-28,30-31H,17-18H2,1-4H3,(H,38,39)/t27-,28-,30-,31-/m1/s1. The predicted molar refractivity (Wildman–Crippen MR) is 169 cm³/mol. The second-order valence-electron chi connectivity index (χ2n) is 11.3. The molecule has 0 bridgehead atoms. The van der Waals surface area contributed by atoms with Gasteiger partial charge in [0, 0.05) is 10.0 Å². The van der Waals surface area contributed by atoms with E-state index < -0.39 is 63.7 Å². The number of hydrogen-bond donors (Lipinski definition) is 1. The molecule has 44 heavy (non-hydrogen) atoms. The summed E-state index contributed by atoms with van der Waals surface area (Å²) in [5.74, 6) is -2.97. The minimum atomic E-state index is -4.10. The van der Waals surface area contributed by atoms with Crippen molar-refractivity contribution in [1.29, 1.82) is 0 Å². The van der Waals surface area contributed by atoms with Crippen molar-refractivity contribution in [3.8, 4) is 0 Å². The van der Waals surface area contributed by atoms with Gasteiger partial charge in [0.2, 0.25) is 10.0 Å². The molecule has 0 aromatic heterocycles. The molecule has 0 saturated carbocycles. The lowest BCUT2D eigenvalue weighted by molar-refractivity contribution is -0.184. The van der Waals surface area contributed by atoms with Crippen LogP contribution in [0.5, 0.6) is 0 Å². The molecule has 1 amide bonds. The number of carboxylic acids is 1. The molecule has 4 atom stereocenters. The summed E-state index contributed by atoms with van der Waals surface area (Å²) in [6, 6.07) is 17.5. The summed E-state index contributed by atoms with van der Waals surface area (Å²) < 4.78 is 50.0. The first-order chi connectivity index (χ1) is 20.7. The Balaban J connectivity index is 1.95. The van der Waals surface area contributed by atoms with Crippen LogP contribution in [0, 0.1) is 11.7 Å². The molecule has 1 heterocycles. The van der Waals surface area contributed by atoms with Crippen LogP contribution in [0.1, 0.15) is 57.4 Å². The average molecular weight is 666 g/mol. The molecule has 1 aliphatic heterocycles. The number of nitrogens with zero attached hydrogens (tertiary/aromatic N) is 2. The van der Waals surface area contributed by atoms with Gasteiger partial charge >= 0.3 is 5.97 Å². The Labute approximate surface area is 267 Å². The van der Waals surface area contributed by atoms with Gasteiger partial charge in [-0.3, -0.25) is 13.9 Å². The van der Waals surface area contributed by atoms with Crippen LogP contribution in [0.3, 0.4) is 0 Å². The zero-order valence-electron chi connectivity index (χ0n) is 24.7. The number of rotatable bonds is 11. The van der Waals surface area contributed by atoms with Crippen LogP contribution in [-0.2, 0) is 24.3 Å². The Bertz CT molecular complexity index is 1600. The number of benzene rings is 3. The molecule has 0 spiro atoms. The third-order valence-electron chi connectivity index (χ3n) is 7.68. The number of ether oxygens (including phenoxy) is 1. The summed E-state index contributed by atoms with van der Waals surface area (Å²) in [5.41, 5.74) is 1.06.